The Bertz CT molecular complexity index is 1180. The number of amides is 2. The van der Waals surface area contributed by atoms with E-state index in [1.165, 1.54) is 0 Å². The summed E-state index contributed by atoms with van der Waals surface area (Å²) in [4.78, 5) is 29.3. The van der Waals surface area contributed by atoms with Crippen molar-refractivity contribution in [2.75, 3.05) is 27.9 Å². The van der Waals surface area contributed by atoms with Crippen molar-refractivity contribution in [1.29, 1.82) is 0 Å². The van der Waals surface area contributed by atoms with E-state index in [0.29, 0.717) is 24.5 Å². The van der Waals surface area contributed by atoms with Gasteiger partial charge in [0, 0.05) is 19.5 Å². The molecule has 3 aromatic rings. The van der Waals surface area contributed by atoms with E-state index in [0.717, 1.165) is 41.7 Å². The summed E-state index contributed by atoms with van der Waals surface area (Å²) in [6.45, 7) is 3.00. The summed E-state index contributed by atoms with van der Waals surface area (Å²) in [7, 11) is 4.76. The second kappa shape index (κ2) is 15.4. The summed E-state index contributed by atoms with van der Waals surface area (Å²) >= 11 is 0. The maximum Gasteiger partial charge on any atom is 0.243 e. The van der Waals surface area contributed by atoms with E-state index in [4.69, 9.17) is 14.2 Å². The summed E-state index contributed by atoms with van der Waals surface area (Å²) in [5.74, 6) is 1.58. The Labute approximate surface area is 232 Å². The molecule has 1 atom stereocenters. The fraction of sp³-hybridized carbons (Fsp3) is 0.375. The van der Waals surface area contributed by atoms with Crippen molar-refractivity contribution >= 4 is 11.8 Å². The lowest BCUT2D eigenvalue weighted by Crippen LogP contribution is -2.51. The number of carbonyl (C=O) groups is 2. The molecule has 0 radical (unpaired) electrons. The molecule has 0 aromatic heterocycles. The van der Waals surface area contributed by atoms with Crippen LogP contribution in [0.5, 0.6) is 17.2 Å². The van der Waals surface area contributed by atoms with E-state index in [9.17, 15) is 9.59 Å². The van der Waals surface area contributed by atoms with Crippen LogP contribution in [-0.2, 0) is 29.0 Å². The molecule has 0 saturated carbocycles. The van der Waals surface area contributed by atoms with Gasteiger partial charge < -0.3 is 24.4 Å². The third kappa shape index (κ3) is 8.77. The largest absolute Gasteiger partial charge is 0.497 e. The number of hydrogen-bond acceptors (Lipinski definition) is 5. The molecular weight excluding hydrogens is 492 g/mol. The van der Waals surface area contributed by atoms with Crippen LogP contribution in [0.3, 0.4) is 0 Å². The zero-order valence-corrected chi connectivity index (χ0v) is 23.4. The number of ether oxygens (including phenoxy) is 3. The van der Waals surface area contributed by atoms with Crippen molar-refractivity contribution in [2.24, 2.45) is 0 Å². The Balaban J connectivity index is 1.94. The van der Waals surface area contributed by atoms with Crippen molar-refractivity contribution in [3.63, 3.8) is 0 Å². The molecule has 3 aromatic carbocycles. The number of hydrogen-bond donors (Lipinski definition) is 1. The summed E-state index contributed by atoms with van der Waals surface area (Å²) in [5, 5.41) is 3.09. The van der Waals surface area contributed by atoms with E-state index in [1.807, 2.05) is 60.7 Å². The quantitative estimate of drug-likeness (QED) is 0.272. The molecule has 7 nitrogen and oxygen atoms in total. The zero-order valence-electron chi connectivity index (χ0n) is 23.4. The molecule has 208 valence electrons. The first-order valence-electron chi connectivity index (χ1n) is 13.4. The van der Waals surface area contributed by atoms with Crippen LogP contribution < -0.4 is 19.5 Å². The minimum atomic E-state index is -0.677. The van der Waals surface area contributed by atoms with Crippen LogP contribution in [0.2, 0.25) is 0 Å². The summed E-state index contributed by atoms with van der Waals surface area (Å²) in [5.41, 5.74) is 2.68. The lowest BCUT2D eigenvalue weighted by molar-refractivity contribution is -0.140. The molecule has 0 fully saturated rings. The summed E-state index contributed by atoms with van der Waals surface area (Å²) < 4.78 is 16.1. The number of methoxy groups -OCH3 is 3. The monoisotopic (exact) mass is 532 g/mol. The average Bonchev–Trinajstić information content (AvgIpc) is 2.97. The molecule has 7 heteroatoms. The minimum Gasteiger partial charge on any atom is -0.497 e. The Morgan fingerprint density at radius 1 is 0.795 bits per heavy atom. The Hall–Kier alpha value is -4.00. The van der Waals surface area contributed by atoms with Gasteiger partial charge in [0.1, 0.15) is 11.8 Å². The van der Waals surface area contributed by atoms with Crippen molar-refractivity contribution < 1.29 is 23.8 Å². The van der Waals surface area contributed by atoms with Gasteiger partial charge in [0.25, 0.3) is 0 Å². The number of nitrogens with one attached hydrogen (secondary N) is 1. The molecule has 1 unspecified atom stereocenters. The van der Waals surface area contributed by atoms with Crippen molar-refractivity contribution in [2.45, 2.75) is 51.6 Å². The first kappa shape index (κ1) is 29.6. The Kier molecular flexibility index (Phi) is 11.7. The fourth-order valence-electron chi connectivity index (χ4n) is 4.45. The number of unbranched alkanes of at least 4 members (excludes halogenated alkanes) is 2. The third-order valence-corrected chi connectivity index (χ3v) is 6.67. The second-order valence-corrected chi connectivity index (χ2v) is 9.44. The number of carbonyl (C=O) groups excluding carboxylic acids is 2. The van der Waals surface area contributed by atoms with Crippen LogP contribution in [0.4, 0.5) is 0 Å². The SMILES string of the molecule is CCCCCNC(=O)C(Cc1ccccc1)N(Cc1ccc(OC)cc1)C(=O)Cc1ccc(OC)c(OC)c1. The fourth-order valence-corrected chi connectivity index (χ4v) is 4.45. The van der Waals surface area contributed by atoms with E-state index in [2.05, 4.69) is 12.2 Å². The van der Waals surface area contributed by atoms with Gasteiger partial charge in [-0.25, -0.2) is 0 Å². The van der Waals surface area contributed by atoms with Crippen LogP contribution in [0.1, 0.15) is 42.9 Å². The molecule has 0 aliphatic rings. The van der Waals surface area contributed by atoms with Crippen LogP contribution >= 0.6 is 0 Å². The standard InChI is InChI=1S/C32H40N2O5/c1-5-6-10-19-33-32(36)28(20-24-11-8-7-9-12-24)34(23-25-13-16-27(37-2)17-14-25)31(35)22-26-15-18-29(38-3)30(21-26)39-4/h7-9,11-18,21,28H,5-6,10,19-20,22-23H2,1-4H3,(H,33,36). The van der Waals surface area contributed by atoms with Gasteiger partial charge in [-0.2, -0.15) is 0 Å². The van der Waals surface area contributed by atoms with Crippen LogP contribution in [0, 0.1) is 0 Å². The van der Waals surface area contributed by atoms with Crippen LogP contribution in [0.25, 0.3) is 0 Å². The molecule has 0 heterocycles. The maximum absolute atomic E-state index is 14.0. The molecule has 0 aliphatic heterocycles. The van der Waals surface area contributed by atoms with Crippen LogP contribution in [-0.4, -0.2) is 50.6 Å². The summed E-state index contributed by atoms with van der Waals surface area (Å²) in [6, 6.07) is 22.2. The van der Waals surface area contributed by atoms with Gasteiger partial charge >= 0.3 is 0 Å². The molecule has 0 saturated heterocycles. The second-order valence-electron chi connectivity index (χ2n) is 9.44. The molecule has 0 spiro atoms. The van der Waals surface area contributed by atoms with E-state index in [1.54, 1.807) is 38.4 Å². The highest BCUT2D eigenvalue weighted by molar-refractivity contribution is 5.88. The number of nitrogens with zero attached hydrogens (tertiary/aromatic N) is 1. The molecule has 0 bridgehead atoms. The highest BCUT2D eigenvalue weighted by Gasteiger charge is 2.30. The van der Waals surface area contributed by atoms with E-state index >= 15 is 0 Å². The lowest BCUT2D eigenvalue weighted by Gasteiger charge is -2.32. The molecule has 39 heavy (non-hydrogen) atoms. The summed E-state index contributed by atoms with van der Waals surface area (Å²) in [6.07, 6.45) is 3.53. The normalized spacial score (nSPS) is 11.4. The highest BCUT2D eigenvalue weighted by Crippen LogP contribution is 2.28. The molecule has 1 N–H and O–H groups in total. The molecule has 3 rings (SSSR count). The molecule has 0 aliphatic carbocycles. The van der Waals surface area contributed by atoms with Crippen molar-refractivity contribution in [3.05, 3.63) is 89.5 Å². The predicted octanol–water partition coefficient (Wildman–Crippen LogP) is 5.20. The van der Waals surface area contributed by atoms with Gasteiger partial charge in [-0.1, -0.05) is 68.3 Å². The van der Waals surface area contributed by atoms with Gasteiger partial charge in [0.2, 0.25) is 11.8 Å². The lowest BCUT2D eigenvalue weighted by atomic mass is 10.0. The average molecular weight is 533 g/mol. The van der Waals surface area contributed by atoms with Gasteiger partial charge in [-0.05, 0) is 47.4 Å². The first-order chi connectivity index (χ1) is 19.0. The van der Waals surface area contributed by atoms with E-state index < -0.39 is 6.04 Å². The molecular formula is C32H40N2O5. The Morgan fingerprint density at radius 3 is 2.13 bits per heavy atom. The van der Waals surface area contributed by atoms with E-state index in [-0.39, 0.29) is 24.8 Å². The maximum atomic E-state index is 14.0. The number of benzene rings is 3. The molecule has 2 amide bonds. The predicted molar refractivity (Wildman–Crippen MR) is 153 cm³/mol. The third-order valence-electron chi connectivity index (χ3n) is 6.67. The first-order valence-corrected chi connectivity index (χ1v) is 13.4. The topological polar surface area (TPSA) is 77.1 Å². The Morgan fingerprint density at radius 2 is 1.49 bits per heavy atom. The zero-order chi connectivity index (χ0) is 28.0. The highest BCUT2D eigenvalue weighted by atomic mass is 16.5. The van der Waals surface area contributed by atoms with Crippen molar-refractivity contribution in [3.8, 4) is 17.2 Å². The van der Waals surface area contributed by atoms with Gasteiger partial charge in [0.15, 0.2) is 11.5 Å². The van der Waals surface area contributed by atoms with Crippen LogP contribution in [0.15, 0.2) is 72.8 Å². The van der Waals surface area contributed by atoms with Gasteiger partial charge in [0.05, 0.1) is 27.8 Å². The smallest absolute Gasteiger partial charge is 0.243 e. The van der Waals surface area contributed by atoms with Gasteiger partial charge in [-0.3, -0.25) is 9.59 Å². The van der Waals surface area contributed by atoms with Crippen molar-refractivity contribution in [1.82, 2.24) is 10.2 Å². The minimum absolute atomic E-state index is 0.116. The van der Waals surface area contributed by atoms with Gasteiger partial charge in [-0.15, -0.1) is 0 Å². The number of rotatable bonds is 15.